The van der Waals surface area contributed by atoms with Crippen molar-refractivity contribution in [3.8, 4) is 21.6 Å². The van der Waals surface area contributed by atoms with Crippen molar-refractivity contribution in [1.82, 2.24) is 0 Å². The van der Waals surface area contributed by atoms with Crippen molar-refractivity contribution in [2.45, 2.75) is 20.0 Å². The number of rotatable bonds is 2. The van der Waals surface area contributed by atoms with Gasteiger partial charge in [0.05, 0.1) is 0 Å². The Labute approximate surface area is 141 Å². The van der Waals surface area contributed by atoms with Gasteiger partial charge in [0.2, 0.25) is 0 Å². The first kappa shape index (κ1) is 16.7. The number of benzene rings is 2. The third-order valence-electron chi connectivity index (χ3n) is 3.79. The van der Waals surface area contributed by atoms with Crippen LogP contribution in [0.4, 0.5) is 17.6 Å². The summed E-state index contributed by atoms with van der Waals surface area (Å²) in [5.41, 5.74) is 2.97. The van der Waals surface area contributed by atoms with Crippen molar-refractivity contribution in [2.24, 2.45) is 0 Å². The summed E-state index contributed by atoms with van der Waals surface area (Å²) in [7, 11) is 0. The maximum atomic E-state index is 14.5. The van der Waals surface area contributed by atoms with Crippen molar-refractivity contribution >= 4 is 11.3 Å². The molecule has 0 aliphatic carbocycles. The molecule has 0 N–H and O–H groups in total. The van der Waals surface area contributed by atoms with Crippen LogP contribution in [0.25, 0.3) is 21.6 Å². The van der Waals surface area contributed by atoms with Gasteiger partial charge < -0.3 is 0 Å². The second-order valence-electron chi connectivity index (χ2n) is 5.68. The van der Waals surface area contributed by atoms with Crippen LogP contribution in [-0.2, 0) is 6.18 Å². The molecule has 0 nitrogen and oxygen atoms in total. The monoisotopic (exact) mass is 350 g/mol. The molecule has 5 heteroatoms. The molecule has 0 fully saturated rings. The molecule has 1 heterocycles. The third kappa shape index (κ3) is 3.22. The summed E-state index contributed by atoms with van der Waals surface area (Å²) >= 11 is 0.572. The van der Waals surface area contributed by atoms with Gasteiger partial charge in [-0.3, -0.25) is 0 Å². The lowest BCUT2D eigenvalue weighted by Gasteiger charge is -2.06. The number of hydrogen-bond donors (Lipinski definition) is 0. The molecule has 0 saturated carbocycles. The van der Waals surface area contributed by atoms with Crippen LogP contribution in [0, 0.1) is 19.7 Å². The van der Waals surface area contributed by atoms with Gasteiger partial charge in [0.1, 0.15) is 10.7 Å². The average molecular weight is 350 g/mol. The van der Waals surface area contributed by atoms with E-state index in [9.17, 15) is 17.6 Å². The van der Waals surface area contributed by atoms with Gasteiger partial charge in [-0.1, -0.05) is 35.9 Å². The van der Waals surface area contributed by atoms with Crippen LogP contribution >= 0.6 is 11.3 Å². The number of thiophene rings is 1. The Morgan fingerprint density at radius 1 is 0.833 bits per heavy atom. The quantitative estimate of drug-likeness (QED) is 0.443. The van der Waals surface area contributed by atoms with Gasteiger partial charge >= 0.3 is 6.18 Å². The fourth-order valence-electron chi connectivity index (χ4n) is 2.54. The molecule has 3 aromatic rings. The zero-order valence-electron chi connectivity index (χ0n) is 13.0. The van der Waals surface area contributed by atoms with Crippen LogP contribution in [0.15, 0.2) is 48.5 Å². The van der Waals surface area contributed by atoms with E-state index in [1.807, 2.05) is 31.2 Å². The highest BCUT2D eigenvalue weighted by Gasteiger charge is 2.35. The first-order valence-corrected chi connectivity index (χ1v) is 8.12. The van der Waals surface area contributed by atoms with Crippen molar-refractivity contribution < 1.29 is 17.6 Å². The van der Waals surface area contributed by atoms with Crippen molar-refractivity contribution in [2.75, 3.05) is 0 Å². The summed E-state index contributed by atoms with van der Waals surface area (Å²) in [5, 5.41) is 0. The number of alkyl halides is 3. The third-order valence-corrected chi connectivity index (χ3v) is 5.11. The van der Waals surface area contributed by atoms with E-state index in [1.165, 1.54) is 25.1 Å². The molecule has 0 amide bonds. The smallest absolute Gasteiger partial charge is 0.206 e. The zero-order chi connectivity index (χ0) is 17.5. The normalized spacial score (nSPS) is 11.8. The van der Waals surface area contributed by atoms with Crippen LogP contribution in [0.3, 0.4) is 0 Å². The van der Waals surface area contributed by atoms with Crippen LogP contribution in [0.2, 0.25) is 0 Å². The second kappa shape index (κ2) is 6.06. The van der Waals surface area contributed by atoms with E-state index in [0.717, 1.165) is 11.1 Å². The first-order chi connectivity index (χ1) is 11.3. The number of aryl methyl sites for hydroxylation is 2. The zero-order valence-corrected chi connectivity index (χ0v) is 13.9. The Morgan fingerprint density at radius 3 is 2.00 bits per heavy atom. The minimum absolute atomic E-state index is 0.115. The standard InChI is InChI=1S/C19H14F4S/c1-11-3-5-13(6-4-11)14-7-8-15(16(20)10-14)17-9-12(2)18(24-17)19(21,22)23/h3-10H,1-2H3. The molecule has 0 saturated heterocycles. The van der Waals surface area contributed by atoms with Crippen LogP contribution in [0.5, 0.6) is 0 Å². The summed E-state index contributed by atoms with van der Waals surface area (Å²) in [6, 6.07) is 13.7. The Morgan fingerprint density at radius 2 is 1.46 bits per heavy atom. The lowest BCUT2D eigenvalue weighted by Crippen LogP contribution is -2.02. The molecule has 24 heavy (non-hydrogen) atoms. The summed E-state index contributed by atoms with van der Waals surface area (Å²) in [4.78, 5) is -0.396. The van der Waals surface area contributed by atoms with E-state index in [0.29, 0.717) is 16.9 Å². The summed E-state index contributed by atoms with van der Waals surface area (Å²) < 4.78 is 53.2. The van der Waals surface area contributed by atoms with E-state index >= 15 is 0 Å². The molecule has 0 atom stereocenters. The predicted molar refractivity (Wildman–Crippen MR) is 89.6 cm³/mol. The summed E-state index contributed by atoms with van der Waals surface area (Å²) in [5.74, 6) is -0.525. The molecule has 124 valence electrons. The number of halogens is 4. The first-order valence-electron chi connectivity index (χ1n) is 7.30. The Bertz CT molecular complexity index is 873. The Kier molecular flexibility index (Phi) is 4.22. The van der Waals surface area contributed by atoms with Crippen molar-refractivity contribution in [3.05, 3.63) is 70.4 Å². The highest BCUT2D eigenvalue weighted by atomic mass is 32.1. The topological polar surface area (TPSA) is 0 Å². The molecule has 0 bridgehead atoms. The summed E-state index contributed by atoms with van der Waals surface area (Å²) in [6.45, 7) is 3.35. The lowest BCUT2D eigenvalue weighted by molar-refractivity contribution is -0.134. The molecule has 1 aromatic heterocycles. The minimum atomic E-state index is -4.41. The van der Waals surface area contributed by atoms with Gasteiger partial charge in [-0.15, -0.1) is 11.3 Å². The molecule has 0 aliphatic rings. The van der Waals surface area contributed by atoms with E-state index in [1.54, 1.807) is 6.07 Å². The molecular weight excluding hydrogens is 336 g/mol. The lowest BCUT2D eigenvalue weighted by atomic mass is 10.0. The maximum Gasteiger partial charge on any atom is 0.425 e. The molecule has 0 unspecified atom stereocenters. The van der Waals surface area contributed by atoms with Gasteiger partial charge in [-0.25, -0.2) is 4.39 Å². The fraction of sp³-hybridized carbons (Fsp3) is 0.158. The number of hydrogen-bond acceptors (Lipinski definition) is 1. The van der Waals surface area contributed by atoms with Crippen molar-refractivity contribution in [3.63, 3.8) is 0 Å². The summed E-state index contributed by atoms with van der Waals surface area (Å²) in [6.07, 6.45) is -4.41. The van der Waals surface area contributed by atoms with Crippen LogP contribution < -0.4 is 0 Å². The molecule has 0 radical (unpaired) electrons. The average Bonchev–Trinajstić information content (AvgIpc) is 2.90. The van der Waals surface area contributed by atoms with Crippen LogP contribution in [0.1, 0.15) is 16.0 Å². The Balaban J connectivity index is 2.00. The largest absolute Gasteiger partial charge is 0.425 e. The van der Waals surface area contributed by atoms with E-state index < -0.39 is 16.9 Å². The van der Waals surface area contributed by atoms with E-state index in [-0.39, 0.29) is 16.0 Å². The van der Waals surface area contributed by atoms with E-state index in [2.05, 4.69) is 0 Å². The van der Waals surface area contributed by atoms with Crippen LogP contribution in [-0.4, -0.2) is 0 Å². The van der Waals surface area contributed by atoms with E-state index in [4.69, 9.17) is 0 Å². The van der Waals surface area contributed by atoms with Crippen molar-refractivity contribution in [1.29, 1.82) is 0 Å². The molecular formula is C19H14F4S. The van der Waals surface area contributed by atoms with Gasteiger partial charge in [0.25, 0.3) is 0 Å². The predicted octanol–water partition coefficient (Wildman–Crippen LogP) is 6.86. The van der Waals surface area contributed by atoms with Gasteiger partial charge in [0, 0.05) is 10.4 Å². The maximum absolute atomic E-state index is 14.5. The molecule has 3 rings (SSSR count). The SMILES string of the molecule is Cc1ccc(-c2ccc(-c3cc(C)c(C(F)(F)F)s3)c(F)c2)cc1. The molecule has 2 aromatic carbocycles. The minimum Gasteiger partial charge on any atom is -0.206 e. The Hall–Kier alpha value is -2.14. The van der Waals surface area contributed by atoms with Gasteiger partial charge in [0.15, 0.2) is 0 Å². The highest BCUT2D eigenvalue weighted by molar-refractivity contribution is 7.15. The van der Waals surface area contributed by atoms with Gasteiger partial charge in [-0.2, -0.15) is 13.2 Å². The van der Waals surface area contributed by atoms with Gasteiger partial charge in [-0.05, 0) is 48.7 Å². The molecule has 0 aliphatic heterocycles. The fourth-order valence-corrected chi connectivity index (χ4v) is 3.60. The highest BCUT2D eigenvalue weighted by Crippen LogP contribution is 2.42. The second-order valence-corrected chi connectivity index (χ2v) is 6.73. The molecule has 0 spiro atoms.